The topological polar surface area (TPSA) is 68.5 Å². The summed E-state index contributed by atoms with van der Waals surface area (Å²) in [5.41, 5.74) is 3.67. The summed E-state index contributed by atoms with van der Waals surface area (Å²) in [5.74, 6) is 0.276. The minimum absolute atomic E-state index is 0.126. The molecule has 0 aliphatic carbocycles. The van der Waals surface area contributed by atoms with Crippen molar-refractivity contribution in [2.24, 2.45) is 0 Å². The van der Waals surface area contributed by atoms with Gasteiger partial charge in [-0.3, -0.25) is 4.79 Å². The molecule has 27 heavy (non-hydrogen) atoms. The van der Waals surface area contributed by atoms with E-state index in [2.05, 4.69) is 12.2 Å². The number of nitrogens with one attached hydrogen (secondary N) is 1. The van der Waals surface area contributed by atoms with Crippen LogP contribution in [-0.4, -0.2) is 12.5 Å². The summed E-state index contributed by atoms with van der Waals surface area (Å²) in [6.45, 7) is 5.76. The van der Waals surface area contributed by atoms with Gasteiger partial charge in [0.05, 0.1) is 0 Å². The number of hydrogen-bond donors (Lipinski definition) is 1. The van der Waals surface area contributed by atoms with Crippen LogP contribution in [0.3, 0.4) is 0 Å². The maximum Gasteiger partial charge on any atom is 0.336 e. The Balaban J connectivity index is 1.77. The molecule has 0 unspecified atom stereocenters. The summed E-state index contributed by atoms with van der Waals surface area (Å²) >= 11 is 0. The molecule has 1 N–H and O–H groups in total. The summed E-state index contributed by atoms with van der Waals surface area (Å²) in [5, 5.41) is 3.70. The maximum atomic E-state index is 12.1. The highest BCUT2D eigenvalue weighted by Crippen LogP contribution is 2.29. The number of rotatable bonds is 6. The van der Waals surface area contributed by atoms with Gasteiger partial charge in [0.25, 0.3) is 5.91 Å². The fraction of sp³-hybridized carbons (Fsp3) is 0.273. The highest BCUT2D eigenvalue weighted by Gasteiger charge is 2.13. The van der Waals surface area contributed by atoms with Gasteiger partial charge in [-0.15, -0.1) is 0 Å². The number of amides is 1. The fourth-order valence-corrected chi connectivity index (χ4v) is 3.02. The number of hydrogen-bond acceptors (Lipinski definition) is 4. The van der Waals surface area contributed by atoms with E-state index in [1.54, 1.807) is 6.07 Å². The van der Waals surface area contributed by atoms with Gasteiger partial charge >= 0.3 is 5.63 Å². The quantitative estimate of drug-likeness (QED) is 0.658. The van der Waals surface area contributed by atoms with Crippen LogP contribution in [0.2, 0.25) is 0 Å². The van der Waals surface area contributed by atoms with Gasteiger partial charge in [-0.2, -0.15) is 0 Å². The van der Waals surface area contributed by atoms with Gasteiger partial charge in [0, 0.05) is 22.7 Å². The molecular weight excluding hydrogens is 342 g/mol. The first kappa shape index (κ1) is 18.7. The monoisotopic (exact) mass is 365 g/mol. The highest BCUT2D eigenvalue weighted by atomic mass is 16.5. The molecule has 3 rings (SSSR count). The Kier molecular flexibility index (Phi) is 5.60. The van der Waals surface area contributed by atoms with Crippen molar-refractivity contribution in [3.63, 3.8) is 0 Å². The van der Waals surface area contributed by atoms with Crippen molar-refractivity contribution in [1.82, 2.24) is 0 Å². The number of fused-ring (bicyclic) bond motifs is 1. The highest BCUT2D eigenvalue weighted by molar-refractivity contribution is 5.92. The van der Waals surface area contributed by atoms with E-state index in [0.717, 1.165) is 35.0 Å². The molecule has 1 heterocycles. The van der Waals surface area contributed by atoms with E-state index in [-0.39, 0.29) is 18.1 Å². The second-order valence-electron chi connectivity index (χ2n) is 6.61. The Morgan fingerprint density at radius 2 is 1.85 bits per heavy atom. The van der Waals surface area contributed by atoms with Gasteiger partial charge < -0.3 is 14.5 Å². The molecule has 0 saturated heterocycles. The molecule has 1 aromatic heterocycles. The third-order valence-corrected chi connectivity index (χ3v) is 4.41. The molecule has 0 spiro atoms. The van der Waals surface area contributed by atoms with Gasteiger partial charge in [0.15, 0.2) is 6.61 Å². The maximum absolute atomic E-state index is 12.1. The summed E-state index contributed by atoms with van der Waals surface area (Å²) in [7, 11) is 0. The Hall–Kier alpha value is -3.08. The van der Waals surface area contributed by atoms with Gasteiger partial charge in [0.1, 0.15) is 11.3 Å². The van der Waals surface area contributed by atoms with Crippen LogP contribution in [0.5, 0.6) is 5.75 Å². The first-order valence-corrected chi connectivity index (χ1v) is 9.03. The third kappa shape index (κ3) is 4.37. The third-order valence-electron chi connectivity index (χ3n) is 4.41. The van der Waals surface area contributed by atoms with E-state index in [1.165, 1.54) is 0 Å². The predicted octanol–water partition coefficient (Wildman–Crippen LogP) is 4.38. The molecule has 0 radical (unpaired) electrons. The standard InChI is InChI=1S/C22H23NO4/c1-4-5-16-12-21(25)27-22-15(3)19(11-10-18(16)22)26-13-20(24)23-17-8-6-14(2)7-9-17/h6-12H,4-5,13H2,1-3H3,(H,23,24). The number of anilines is 1. The molecular formula is C22H23NO4. The first-order chi connectivity index (χ1) is 13.0. The molecule has 0 aliphatic heterocycles. The zero-order chi connectivity index (χ0) is 19.4. The van der Waals surface area contributed by atoms with Crippen LogP contribution in [0.15, 0.2) is 51.7 Å². The smallest absolute Gasteiger partial charge is 0.336 e. The lowest BCUT2D eigenvalue weighted by Gasteiger charge is -2.12. The van der Waals surface area contributed by atoms with E-state index in [4.69, 9.17) is 9.15 Å². The van der Waals surface area contributed by atoms with Crippen LogP contribution in [-0.2, 0) is 11.2 Å². The Morgan fingerprint density at radius 1 is 1.11 bits per heavy atom. The lowest BCUT2D eigenvalue weighted by atomic mass is 10.0. The molecule has 5 nitrogen and oxygen atoms in total. The number of aryl methyl sites for hydroxylation is 3. The molecule has 0 bridgehead atoms. The minimum atomic E-state index is -0.372. The fourth-order valence-electron chi connectivity index (χ4n) is 3.02. The van der Waals surface area contributed by atoms with Crippen molar-refractivity contribution in [1.29, 1.82) is 0 Å². The molecule has 0 saturated carbocycles. The molecule has 1 amide bonds. The summed E-state index contributed by atoms with van der Waals surface area (Å²) in [6, 6.07) is 12.8. The van der Waals surface area contributed by atoms with E-state index in [9.17, 15) is 9.59 Å². The van der Waals surface area contributed by atoms with Crippen LogP contribution in [0.25, 0.3) is 11.0 Å². The minimum Gasteiger partial charge on any atom is -0.483 e. The van der Waals surface area contributed by atoms with Crippen molar-refractivity contribution in [3.05, 3.63) is 69.6 Å². The molecule has 5 heteroatoms. The summed E-state index contributed by atoms with van der Waals surface area (Å²) in [6.07, 6.45) is 1.75. The second-order valence-corrected chi connectivity index (χ2v) is 6.61. The average Bonchev–Trinajstić information content (AvgIpc) is 2.64. The lowest BCUT2D eigenvalue weighted by molar-refractivity contribution is -0.118. The first-order valence-electron chi connectivity index (χ1n) is 9.03. The Labute approximate surface area is 158 Å². The largest absolute Gasteiger partial charge is 0.483 e. The van der Waals surface area contributed by atoms with Gasteiger partial charge in [-0.1, -0.05) is 31.0 Å². The van der Waals surface area contributed by atoms with E-state index in [1.807, 2.05) is 50.2 Å². The molecule has 0 atom stereocenters. The Bertz CT molecular complexity index is 1020. The van der Waals surface area contributed by atoms with Crippen molar-refractivity contribution >= 4 is 22.6 Å². The SMILES string of the molecule is CCCc1cc(=O)oc2c(C)c(OCC(=O)Nc3ccc(C)cc3)ccc12. The van der Waals surface area contributed by atoms with Crippen molar-refractivity contribution in [3.8, 4) is 5.75 Å². The van der Waals surface area contributed by atoms with Crippen molar-refractivity contribution < 1.29 is 13.9 Å². The lowest BCUT2D eigenvalue weighted by Crippen LogP contribution is -2.20. The summed E-state index contributed by atoms with van der Waals surface area (Å²) < 4.78 is 11.1. The van der Waals surface area contributed by atoms with Gasteiger partial charge in [-0.25, -0.2) is 4.79 Å². The van der Waals surface area contributed by atoms with Crippen LogP contribution < -0.4 is 15.7 Å². The van der Waals surface area contributed by atoms with Gasteiger partial charge in [-0.05, 0) is 50.1 Å². The van der Waals surface area contributed by atoms with E-state index in [0.29, 0.717) is 16.9 Å². The molecule has 3 aromatic rings. The second kappa shape index (κ2) is 8.08. The number of carbonyl (C=O) groups is 1. The van der Waals surface area contributed by atoms with Gasteiger partial charge in [0.2, 0.25) is 0 Å². The summed E-state index contributed by atoms with van der Waals surface area (Å²) in [4.78, 5) is 24.0. The molecule has 140 valence electrons. The zero-order valence-electron chi connectivity index (χ0n) is 15.8. The van der Waals surface area contributed by atoms with Crippen LogP contribution in [0, 0.1) is 13.8 Å². The number of carbonyl (C=O) groups excluding carboxylic acids is 1. The van der Waals surface area contributed by atoms with Crippen molar-refractivity contribution in [2.75, 3.05) is 11.9 Å². The number of benzene rings is 2. The average molecular weight is 365 g/mol. The normalized spacial score (nSPS) is 10.8. The zero-order valence-corrected chi connectivity index (χ0v) is 15.8. The van der Waals surface area contributed by atoms with Crippen LogP contribution in [0.4, 0.5) is 5.69 Å². The van der Waals surface area contributed by atoms with E-state index >= 15 is 0 Å². The van der Waals surface area contributed by atoms with E-state index < -0.39 is 0 Å². The molecule has 0 fully saturated rings. The number of ether oxygens (including phenoxy) is 1. The molecule has 0 aliphatic rings. The van der Waals surface area contributed by atoms with Crippen molar-refractivity contribution in [2.45, 2.75) is 33.6 Å². The predicted molar refractivity (Wildman–Crippen MR) is 107 cm³/mol. The molecule has 2 aromatic carbocycles. The van der Waals surface area contributed by atoms with Crippen LogP contribution in [0.1, 0.15) is 30.0 Å². The Morgan fingerprint density at radius 3 is 2.56 bits per heavy atom. The van der Waals surface area contributed by atoms with Crippen LogP contribution >= 0.6 is 0 Å².